The van der Waals surface area contributed by atoms with Crippen molar-refractivity contribution in [1.29, 1.82) is 0 Å². The number of nitrogens with zero attached hydrogens (tertiary/aromatic N) is 2. The first-order valence-corrected chi connectivity index (χ1v) is 6.13. The molecule has 80 valence electrons. The second-order valence-electron chi connectivity index (χ2n) is 3.55. The number of hydrogen-bond donors (Lipinski definition) is 1. The van der Waals surface area contributed by atoms with Crippen LogP contribution in [-0.2, 0) is 0 Å². The molecular weight excluding hydrogens is 196 g/mol. The molecule has 1 heterocycles. The van der Waals surface area contributed by atoms with Crippen molar-refractivity contribution in [1.82, 2.24) is 9.59 Å². The van der Waals surface area contributed by atoms with Crippen molar-refractivity contribution in [2.45, 2.75) is 51.6 Å². The van der Waals surface area contributed by atoms with E-state index in [1.54, 1.807) is 0 Å². The molecule has 0 saturated heterocycles. The van der Waals surface area contributed by atoms with Crippen molar-refractivity contribution >= 4 is 11.5 Å². The van der Waals surface area contributed by atoms with Gasteiger partial charge in [0.1, 0.15) is 5.69 Å². The Morgan fingerprint density at radius 1 is 1.36 bits per heavy atom. The van der Waals surface area contributed by atoms with E-state index in [-0.39, 0.29) is 0 Å². The van der Waals surface area contributed by atoms with Gasteiger partial charge in [-0.2, -0.15) is 0 Å². The van der Waals surface area contributed by atoms with Gasteiger partial charge in [0.2, 0.25) is 0 Å². The van der Waals surface area contributed by atoms with E-state index >= 15 is 0 Å². The molecule has 1 rings (SSSR count). The zero-order valence-electron chi connectivity index (χ0n) is 8.65. The number of aromatic nitrogens is 2. The lowest BCUT2D eigenvalue weighted by Gasteiger charge is -2.06. The highest BCUT2D eigenvalue weighted by Gasteiger charge is 2.09. The monoisotopic (exact) mass is 214 g/mol. The summed E-state index contributed by atoms with van der Waals surface area (Å²) in [6, 6.07) is 0. The van der Waals surface area contributed by atoms with Crippen LogP contribution in [0.3, 0.4) is 0 Å². The lowest BCUT2D eigenvalue weighted by molar-refractivity contribution is 0.158. The lowest BCUT2D eigenvalue weighted by Crippen LogP contribution is -1.97. The number of aliphatic hydroxyl groups excluding tert-OH is 1. The average molecular weight is 214 g/mol. The second-order valence-corrected chi connectivity index (χ2v) is 4.16. The quantitative estimate of drug-likeness (QED) is 0.710. The molecule has 3 nitrogen and oxygen atoms in total. The maximum Gasteiger partial charge on any atom is 0.104 e. The zero-order valence-corrected chi connectivity index (χ0v) is 9.46. The van der Waals surface area contributed by atoms with E-state index in [1.165, 1.54) is 37.2 Å². The van der Waals surface area contributed by atoms with Crippen LogP contribution in [0.4, 0.5) is 0 Å². The highest BCUT2D eigenvalue weighted by Crippen LogP contribution is 2.18. The van der Waals surface area contributed by atoms with E-state index in [0.29, 0.717) is 0 Å². The van der Waals surface area contributed by atoms with Gasteiger partial charge in [0, 0.05) is 5.38 Å². The number of rotatable bonds is 7. The van der Waals surface area contributed by atoms with E-state index in [9.17, 15) is 5.11 Å². The molecule has 0 aromatic carbocycles. The molecular formula is C10H18N2OS. The third-order valence-corrected chi connectivity index (χ3v) is 2.82. The smallest absolute Gasteiger partial charge is 0.104 e. The summed E-state index contributed by atoms with van der Waals surface area (Å²) in [5.41, 5.74) is 0.727. The van der Waals surface area contributed by atoms with Gasteiger partial charge in [-0.1, -0.05) is 43.5 Å². The zero-order chi connectivity index (χ0) is 10.2. The van der Waals surface area contributed by atoms with E-state index < -0.39 is 6.10 Å². The molecule has 0 bridgehead atoms. The summed E-state index contributed by atoms with van der Waals surface area (Å²) in [5.74, 6) is 0. The van der Waals surface area contributed by atoms with Crippen LogP contribution >= 0.6 is 11.5 Å². The molecule has 4 heteroatoms. The first kappa shape index (κ1) is 11.6. The van der Waals surface area contributed by atoms with Gasteiger partial charge in [0.15, 0.2) is 0 Å². The predicted octanol–water partition coefficient (Wildman–Crippen LogP) is 2.93. The highest BCUT2D eigenvalue weighted by atomic mass is 32.1. The van der Waals surface area contributed by atoms with E-state index in [1.807, 2.05) is 5.38 Å². The standard InChI is InChI=1S/C10H18N2OS/c1-2-3-4-5-6-7-10(13)9-8-14-12-11-9/h8,10,13H,2-7H2,1H3. The van der Waals surface area contributed by atoms with Crippen LogP contribution in [0.5, 0.6) is 0 Å². The fourth-order valence-electron chi connectivity index (χ4n) is 1.41. The molecule has 0 fully saturated rings. The van der Waals surface area contributed by atoms with Gasteiger partial charge in [-0.3, -0.25) is 0 Å². The lowest BCUT2D eigenvalue weighted by atomic mass is 10.1. The molecule has 0 radical (unpaired) electrons. The van der Waals surface area contributed by atoms with Crippen LogP contribution in [-0.4, -0.2) is 14.7 Å². The Balaban J connectivity index is 2.07. The minimum absolute atomic E-state index is 0.407. The van der Waals surface area contributed by atoms with Gasteiger partial charge in [-0.05, 0) is 18.0 Å². The molecule has 1 atom stereocenters. The molecule has 0 spiro atoms. The van der Waals surface area contributed by atoms with Crippen molar-refractivity contribution in [3.8, 4) is 0 Å². The molecule has 14 heavy (non-hydrogen) atoms. The van der Waals surface area contributed by atoms with E-state index in [0.717, 1.165) is 18.5 Å². The summed E-state index contributed by atoms with van der Waals surface area (Å²) in [6.07, 6.45) is 6.54. The molecule has 0 aliphatic heterocycles. The second kappa shape index (κ2) is 6.90. The molecule has 1 unspecified atom stereocenters. The highest BCUT2D eigenvalue weighted by molar-refractivity contribution is 7.03. The van der Waals surface area contributed by atoms with E-state index in [4.69, 9.17) is 0 Å². The predicted molar refractivity (Wildman–Crippen MR) is 58.2 cm³/mol. The van der Waals surface area contributed by atoms with Gasteiger partial charge >= 0.3 is 0 Å². The van der Waals surface area contributed by atoms with E-state index in [2.05, 4.69) is 16.5 Å². The van der Waals surface area contributed by atoms with Crippen LogP contribution in [0.1, 0.15) is 57.2 Å². The molecule has 0 saturated carbocycles. The minimum atomic E-state index is -0.407. The third kappa shape index (κ3) is 4.15. The Morgan fingerprint density at radius 2 is 2.14 bits per heavy atom. The van der Waals surface area contributed by atoms with Crippen LogP contribution in [0, 0.1) is 0 Å². The summed E-state index contributed by atoms with van der Waals surface area (Å²) >= 11 is 1.29. The summed E-state index contributed by atoms with van der Waals surface area (Å²) in [4.78, 5) is 0. The first-order valence-electron chi connectivity index (χ1n) is 5.29. The Morgan fingerprint density at radius 3 is 2.79 bits per heavy atom. The summed E-state index contributed by atoms with van der Waals surface area (Å²) in [7, 11) is 0. The fraction of sp³-hybridized carbons (Fsp3) is 0.800. The van der Waals surface area contributed by atoms with Gasteiger partial charge < -0.3 is 5.11 Å². The summed E-state index contributed by atoms with van der Waals surface area (Å²) < 4.78 is 3.73. The van der Waals surface area contributed by atoms with Crippen molar-refractivity contribution in [2.75, 3.05) is 0 Å². The van der Waals surface area contributed by atoms with Crippen molar-refractivity contribution in [2.24, 2.45) is 0 Å². The van der Waals surface area contributed by atoms with Crippen molar-refractivity contribution in [3.63, 3.8) is 0 Å². The molecule has 1 N–H and O–H groups in total. The average Bonchev–Trinajstić information content (AvgIpc) is 2.70. The third-order valence-electron chi connectivity index (χ3n) is 2.30. The molecule has 0 aliphatic carbocycles. The number of unbranched alkanes of at least 4 members (excludes halogenated alkanes) is 4. The summed E-state index contributed by atoms with van der Waals surface area (Å²) in [5, 5.41) is 15.3. The molecule has 1 aromatic heterocycles. The Labute approximate surface area is 89.3 Å². The van der Waals surface area contributed by atoms with Gasteiger partial charge in [0.25, 0.3) is 0 Å². The Bertz CT molecular complexity index is 226. The minimum Gasteiger partial charge on any atom is -0.387 e. The van der Waals surface area contributed by atoms with Crippen molar-refractivity contribution in [3.05, 3.63) is 11.1 Å². The maximum absolute atomic E-state index is 9.67. The topological polar surface area (TPSA) is 46.0 Å². The molecule has 0 aliphatic rings. The normalized spacial score (nSPS) is 13.0. The van der Waals surface area contributed by atoms with Crippen LogP contribution < -0.4 is 0 Å². The van der Waals surface area contributed by atoms with Crippen LogP contribution in [0.15, 0.2) is 5.38 Å². The molecule has 0 amide bonds. The van der Waals surface area contributed by atoms with Gasteiger partial charge in [0.05, 0.1) is 6.10 Å². The summed E-state index contributed by atoms with van der Waals surface area (Å²) in [6.45, 7) is 2.20. The SMILES string of the molecule is CCCCCCCC(O)c1csnn1. The number of aliphatic hydroxyl groups is 1. The largest absolute Gasteiger partial charge is 0.387 e. The number of hydrogen-bond acceptors (Lipinski definition) is 4. The Kier molecular flexibility index (Phi) is 5.71. The Hall–Kier alpha value is -0.480. The van der Waals surface area contributed by atoms with Gasteiger partial charge in [-0.15, -0.1) is 5.10 Å². The first-order chi connectivity index (χ1) is 6.84. The molecule has 1 aromatic rings. The van der Waals surface area contributed by atoms with Crippen molar-refractivity contribution < 1.29 is 5.11 Å². The van der Waals surface area contributed by atoms with Crippen LogP contribution in [0.2, 0.25) is 0 Å². The maximum atomic E-state index is 9.67. The van der Waals surface area contributed by atoms with Crippen LogP contribution in [0.25, 0.3) is 0 Å². The fourth-order valence-corrected chi connectivity index (χ4v) is 1.91. The van der Waals surface area contributed by atoms with Gasteiger partial charge in [-0.25, -0.2) is 0 Å².